The number of carbonyl (C=O) groups excluding carboxylic acids is 1. The maximum absolute atomic E-state index is 11.9. The van der Waals surface area contributed by atoms with Gasteiger partial charge in [0.2, 0.25) is 0 Å². The van der Waals surface area contributed by atoms with E-state index >= 15 is 0 Å². The molecule has 4 nitrogen and oxygen atoms in total. The van der Waals surface area contributed by atoms with Crippen molar-refractivity contribution in [1.29, 1.82) is 0 Å². The largest absolute Gasteiger partial charge is 0.484 e. The summed E-state index contributed by atoms with van der Waals surface area (Å²) in [5.74, 6) is 0.902. The number of aliphatic hydroxyl groups excluding tert-OH is 1. The Balaban J connectivity index is 1.72. The Morgan fingerprint density at radius 3 is 2.78 bits per heavy atom. The van der Waals surface area contributed by atoms with E-state index in [2.05, 4.69) is 11.4 Å². The first kappa shape index (κ1) is 17.5. The summed E-state index contributed by atoms with van der Waals surface area (Å²) in [5, 5.41) is 14.1. The molecule has 0 bridgehead atoms. The van der Waals surface area contributed by atoms with Crippen molar-refractivity contribution in [3.63, 3.8) is 0 Å². The van der Waals surface area contributed by atoms with Crippen molar-refractivity contribution in [3.05, 3.63) is 52.2 Å². The number of hydrogen-bond donors (Lipinski definition) is 2. The number of rotatable bonds is 9. The average molecular weight is 333 g/mol. The van der Waals surface area contributed by atoms with Crippen molar-refractivity contribution in [2.45, 2.75) is 25.7 Å². The molecule has 0 fully saturated rings. The number of hydrogen-bond acceptors (Lipinski definition) is 4. The molecule has 0 unspecified atom stereocenters. The maximum Gasteiger partial charge on any atom is 0.257 e. The molecule has 0 aliphatic rings. The highest BCUT2D eigenvalue weighted by Gasteiger charge is 2.13. The van der Waals surface area contributed by atoms with Gasteiger partial charge in [-0.15, -0.1) is 11.3 Å². The molecule has 1 amide bonds. The predicted octanol–water partition coefficient (Wildman–Crippen LogP) is 3.11. The van der Waals surface area contributed by atoms with Crippen LogP contribution in [0.2, 0.25) is 0 Å². The Kier molecular flexibility index (Phi) is 7.10. The van der Waals surface area contributed by atoms with Gasteiger partial charge < -0.3 is 15.2 Å². The van der Waals surface area contributed by atoms with Crippen LogP contribution >= 0.6 is 11.3 Å². The van der Waals surface area contributed by atoms with E-state index in [1.54, 1.807) is 11.3 Å². The highest BCUT2D eigenvalue weighted by molar-refractivity contribution is 7.10. The molecule has 23 heavy (non-hydrogen) atoms. The molecule has 2 rings (SSSR count). The standard InChI is InChI=1S/C18H23NO3S/c1-14-5-2-3-6-16(14)22-13-18(21)19-10-8-15(9-11-20)17-7-4-12-23-17/h2-7,12,15,20H,8-11,13H2,1H3,(H,19,21)/t15-/m1/s1. The molecule has 1 heterocycles. The number of nitrogens with one attached hydrogen (secondary N) is 1. The maximum atomic E-state index is 11.9. The molecule has 2 aromatic rings. The summed E-state index contributed by atoms with van der Waals surface area (Å²) in [7, 11) is 0. The van der Waals surface area contributed by atoms with Crippen LogP contribution in [0.1, 0.15) is 29.2 Å². The van der Waals surface area contributed by atoms with E-state index in [0.29, 0.717) is 6.54 Å². The molecule has 0 radical (unpaired) electrons. The second-order valence-corrected chi connectivity index (χ2v) is 6.40. The summed E-state index contributed by atoms with van der Waals surface area (Å²) in [5.41, 5.74) is 1.01. The summed E-state index contributed by atoms with van der Waals surface area (Å²) in [4.78, 5) is 13.1. The van der Waals surface area contributed by atoms with Gasteiger partial charge in [0.1, 0.15) is 5.75 Å². The third kappa shape index (κ3) is 5.69. The Morgan fingerprint density at radius 1 is 1.26 bits per heavy atom. The molecule has 1 atom stereocenters. The second-order valence-electron chi connectivity index (χ2n) is 5.42. The zero-order chi connectivity index (χ0) is 16.5. The minimum atomic E-state index is -0.123. The van der Waals surface area contributed by atoms with Gasteiger partial charge in [0.05, 0.1) is 0 Å². The lowest BCUT2D eigenvalue weighted by atomic mass is 10.00. The molecule has 2 N–H and O–H groups in total. The fraction of sp³-hybridized carbons (Fsp3) is 0.389. The third-order valence-electron chi connectivity index (χ3n) is 3.69. The molecule has 124 valence electrons. The van der Waals surface area contributed by atoms with E-state index in [-0.39, 0.29) is 25.0 Å². The lowest BCUT2D eigenvalue weighted by Gasteiger charge is -2.15. The molecule has 0 spiro atoms. The van der Waals surface area contributed by atoms with Crippen LogP contribution in [-0.4, -0.2) is 30.8 Å². The number of thiophene rings is 1. The zero-order valence-corrected chi connectivity index (χ0v) is 14.1. The molecule has 0 saturated heterocycles. The molecular weight excluding hydrogens is 310 g/mol. The molecule has 0 aliphatic heterocycles. The van der Waals surface area contributed by atoms with E-state index in [0.717, 1.165) is 24.2 Å². The average Bonchev–Trinajstić information content (AvgIpc) is 3.07. The molecule has 0 aliphatic carbocycles. The monoisotopic (exact) mass is 333 g/mol. The van der Waals surface area contributed by atoms with Gasteiger partial charge in [-0.1, -0.05) is 24.3 Å². The first-order chi connectivity index (χ1) is 11.2. The smallest absolute Gasteiger partial charge is 0.257 e. The third-order valence-corrected chi connectivity index (χ3v) is 4.73. The number of aryl methyl sites for hydroxylation is 1. The minimum absolute atomic E-state index is 0.0223. The SMILES string of the molecule is Cc1ccccc1OCC(=O)NCC[C@H](CCO)c1cccs1. The van der Waals surface area contributed by atoms with E-state index in [4.69, 9.17) is 4.74 Å². The number of benzene rings is 1. The van der Waals surface area contributed by atoms with Gasteiger partial charge in [0.15, 0.2) is 6.61 Å². The summed E-state index contributed by atoms with van der Waals surface area (Å²) >= 11 is 1.69. The van der Waals surface area contributed by atoms with Gasteiger partial charge in [0.25, 0.3) is 5.91 Å². The van der Waals surface area contributed by atoms with Crippen LogP contribution in [0.4, 0.5) is 0 Å². The van der Waals surface area contributed by atoms with Gasteiger partial charge in [-0.25, -0.2) is 0 Å². The van der Waals surface area contributed by atoms with Gasteiger partial charge in [-0.05, 0) is 48.8 Å². The van der Waals surface area contributed by atoms with Crippen LogP contribution in [0, 0.1) is 6.92 Å². The Morgan fingerprint density at radius 2 is 2.09 bits per heavy atom. The predicted molar refractivity (Wildman–Crippen MR) is 93.1 cm³/mol. The molecule has 1 aromatic heterocycles. The van der Waals surface area contributed by atoms with Crippen molar-refractivity contribution in [3.8, 4) is 5.75 Å². The summed E-state index contributed by atoms with van der Waals surface area (Å²) < 4.78 is 5.53. The first-order valence-corrected chi connectivity index (χ1v) is 8.68. The van der Waals surface area contributed by atoms with Crippen molar-refractivity contribution >= 4 is 17.2 Å². The van der Waals surface area contributed by atoms with Gasteiger partial charge >= 0.3 is 0 Å². The highest BCUT2D eigenvalue weighted by atomic mass is 32.1. The Labute approximate surface area is 141 Å². The molecular formula is C18H23NO3S. The number of aliphatic hydroxyl groups is 1. The van der Waals surface area contributed by atoms with Crippen molar-refractivity contribution in [1.82, 2.24) is 5.32 Å². The fourth-order valence-corrected chi connectivity index (χ4v) is 3.31. The lowest BCUT2D eigenvalue weighted by molar-refractivity contribution is -0.123. The number of amides is 1. The minimum Gasteiger partial charge on any atom is -0.484 e. The van der Waals surface area contributed by atoms with Crippen LogP contribution < -0.4 is 10.1 Å². The lowest BCUT2D eigenvalue weighted by Crippen LogP contribution is -2.30. The van der Waals surface area contributed by atoms with Crippen molar-refractivity contribution < 1.29 is 14.6 Å². The second kappa shape index (κ2) is 9.33. The molecule has 1 aromatic carbocycles. The van der Waals surface area contributed by atoms with Crippen LogP contribution in [-0.2, 0) is 4.79 Å². The summed E-state index contributed by atoms with van der Waals surface area (Å²) in [6.07, 6.45) is 1.53. The van der Waals surface area contributed by atoms with Crippen molar-refractivity contribution in [2.24, 2.45) is 0 Å². The summed E-state index contributed by atoms with van der Waals surface area (Å²) in [6, 6.07) is 11.7. The van der Waals surface area contributed by atoms with Crippen LogP contribution in [0.3, 0.4) is 0 Å². The van der Waals surface area contributed by atoms with Gasteiger partial charge in [0, 0.05) is 18.0 Å². The van der Waals surface area contributed by atoms with Gasteiger partial charge in [-0.3, -0.25) is 4.79 Å². The van der Waals surface area contributed by atoms with E-state index < -0.39 is 0 Å². The van der Waals surface area contributed by atoms with E-state index in [1.165, 1.54) is 4.88 Å². The van der Waals surface area contributed by atoms with Crippen LogP contribution in [0.25, 0.3) is 0 Å². The normalized spacial score (nSPS) is 11.9. The van der Waals surface area contributed by atoms with Gasteiger partial charge in [-0.2, -0.15) is 0 Å². The molecule has 5 heteroatoms. The first-order valence-electron chi connectivity index (χ1n) is 7.80. The summed E-state index contributed by atoms with van der Waals surface area (Å²) in [6.45, 7) is 2.72. The topological polar surface area (TPSA) is 58.6 Å². The number of carbonyl (C=O) groups is 1. The fourth-order valence-electron chi connectivity index (χ4n) is 2.41. The Bertz CT molecular complexity index is 598. The van der Waals surface area contributed by atoms with E-state index in [9.17, 15) is 9.90 Å². The Hall–Kier alpha value is -1.85. The van der Waals surface area contributed by atoms with E-state index in [1.807, 2.05) is 42.6 Å². The number of para-hydroxylation sites is 1. The zero-order valence-electron chi connectivity index (χ0n) is 13.3. The number of ether oxygens (including phenoxy) is 1. The molecule has 0 saturated carbocycles. The van der Waals surface area contributed by atoms with Crippen molar-refractivity contribution in [2.75, 3.05) is 19.8 Å². The van der Waals surface area contributed by atoms with Crippen LogP contribution in [0.15, 0.2) is 41.8 Å². The van der Waals surface area contributed by atoms with Crippen LogP contribution in [0.5, 0.6) is 5.75 Å². The quantitative estimate of drug-likeness (QED) is 0.741. The highest BCUT2D eigenvalue weighted by Crippen LogP contribution is 2.26.